The summed E-state index contributed by atoms with van der Waals surface area (Å²) in [6, 6.07) is 5.46. The van der Waals surface area contributed by atoms with Crippen molar-refractivity contribution >= 4 is 23.4 Å². The average molecular weight is 315 g/mol. The van der Waals surface area contributed by atoms with Crippen LogP contribution in [-0.4, -0.2) is 41.8 Å². The van der Waals surface area contributed by atoms with Crippen molar-refractivity contribution in [1.29, 1.82) is 0 Å². The Labute approximate surface area is 135 Å². The van der Waals surface area contributed by atoms with Crippen LogP contribution in [0.5, 0.6) is 0 Å². The van der Waals surface area contributed by atoms with Crippen LogP contribution in [0.4, 0.5) is 5.69 Å². The van der Waals surface area contributed by atoms with Crippen LogP contribution in [0.1, 0.15) is 42.1 Å². The normalized spacial score (nSPS) is 20.5. The molecule has 1 unspecified atom stereocenters. The second kappa shape index (κ2) is 6.40. The third kappa shape index (κ3) is 3.52. The lowest BCUT2D eigenvalue weighted by Gasteiger charge is -2.33. The zero-order valence-corrected chi connectivity index (χ0v) is 13.2. The first-order chi connectivity index (χ1) is 11.0. The Bertz CT molecular complexity index is 656. The topological polar surface area (TPSA) is 78.5 Å². The molecule has 1 atom stereocenters. The third-order valence-electron chi connectivity index (χ3n) is 4.36. The van der Waals surface area contributed by atoms with E-state index >= 15 is 0 Å². The Balaban J connectivity index is 1.72. The number of anilines is 1. The minimum absolute atomic E-state index is 0.0141. The van der Waals surface area contributed by atoms with Gasteiger partial charge >= 0.3 is 0 Å². The van der Waals surface area contributed by atoms with Crippen molar-refractivity contribution < 1.29 is 14.4 Å². The molecule has 3 rings (SSSR count). The molecule has 122 valence electrons. The molecule has 0 aliphatic carbocycles. The summed E-state index contributed by atoms with van der Waals surface area (Å²) in [7, 11) is 0. The molecule has 0 saturated carbocycles. The van der Waals surface area contributed by atoms with Gasteiger partial charge in [-0.15, -0.1) is 0 Å². The minimum Gasteiger partial charge on any atom is -0.352 e. The lowest BCUT2D eigenvalue weighted by molar-refractivity contribution is -0.120. The van der Waals surface area contributed by atoms with Crippen LogP contribution in [0.15, 0.2) is 18.2 Å². The Kier molecular flexibility index (Phi) is 4.32. The van der Waals surface area contributed by atoms with Gasteiger partial charge < -0.3 is 15.5 Å². The third-order valence-corrected chi connectivity index (χ3v) is 4.36. The van der Waals surface area contributed by atoms with Gasteiger partial charge in [-0.2, -0.15) is 0 Å². The van der Waals surface area contributed by atoms with Gasteiger partial charge in [0, 0.05) is 43.7 Å². The molecule has 0 bridgehead atoms. The predicted octanol–water partition coefficient (Wildman–Crippen LogP) is 1.31. The Morgan fingerprint density at radius 2 is 2.13 bits per heavy atom. The number of hydrogen-bond acceptors (Lipinski definition) is 3. The zero-order valence-electron chi connectivity index (χ0n) is 13.2. The maximum atomic E-state index is 12.7. The number of nitrogens with zero attached hydrogens (tertiary/aromatic N) is 1. The molecule has 3 amide bonds. The SMILES string of the molecule is CC(=O)NC1CCCN(C(=O)c2ccc3c(c2)CCC(=O)N3)C1. The van der Waals surface area contributed by atoms with E-state index in [1.807, 2.05) is 6.07 Å². The molecule has 1 saturated heterocycles. The van der Waals surface area contributed by atoms with Crippen molar-refractivity contribution in [3.05, 3.63) is 29.3 Å². The summed E-state index contributed by atoms with van der Waals surface area (Å²) in [6.45, 7) is 2.76. The van der Waals surface area contributed by atoms with Gasteiger partial charge in [-0.3, -0.25) is 14.4 Å². The quantitative estimate of drug-likeness (QED) is 0.864. The van der Waals surface area contributed by atoms with E-state index in [1.54, 1.807) is 17.0 Å². The molecule has 23 heavy (non-hydrogen) atoms. The van der Waals surface area contributed by atoms with Crippen LogP contribution in [0, 0.1) is 0 Å². The highest BCUT2D eigenvalue weighted by Gasteiger charge is 2.25. The molecule has 1 aromatic carbocycles. The number of amides is 3. The summed E-state index contributed by atoms with van der Waals surface area (Å²) in [5, 5.41) is 5.72. The number of fused-ring (bicyclic) bond motifs is 1. The van der Waals surface area contributed by atoms with Gasteiger partial charge in [0.1, 0.15) is 0 Å². The molecule has 1 aromatic rings. The Morgan fingerprint density at radius 1 is 1.30 bits per heavy atom. The molecule has 6 heteroatoms. The van der Waals surface area contributed by atoms with Crippen LogP contribution in [0.25, 0.3) is 0 Å². The number of aryl methyl sites for hydroxylation is 1. The first-order valence-corrected chi connectivity index (χ1v) is 8.02. The second-order valence-electron chi connectivity index (χ2n) is 6.21. The van der Waals surface area contributed by atoms with Crippen molar-refractivity contribution in [3.8, 4) is 0 Å². The first kappa shape index (κ1) is 15.5. The summed E-state index contributed by atoms with van der Waals surface area (Å²) in [5.41, 5.74) is 2.45. The van der Waals surface area contributed by atoms with Crippen LogP contribution >= 0.6 is 0 Å². The van der Waals surface area contributed by atoms with E-state index in [4.69, 9.17) is 0 Å². The maximum Gasteiger partial charge on any atom is 0.253 e. The average Bonchev–Trinajstić information content (AvgIpc) is 2.53. The van der Waals surface area contributed by atoms with Crippen molar-refractivity contribution in [2.75, 3.05) is 18.4 Å². The number of benzene rings is 1. The minimum atomic E-state index is -0.0613. The first-order valence-electron chi connectivity index (χ1n) is 8.02. The number of carbonyl (C=O) groups excluding carboxylic acids is 3. The van der Waals surface area contributed by atoms with Crippen molar-refractivity contribution in [2.45, 2.75) is 38.6 Å². The van der Waals surface area contributed by atoms with Gasteiger partial charge in [0.05, 0.1) is 0 Å². The van der Waals surface area contributed by atoms with Crippen LogP contribution < -0.4 is 10.6 Å². The van der Waals surface area contributed by atoms with E-state index in [2.05, 4.69) is 10.6 Å². The van der Waals surface area contributed by atoms with E-state index in [-0.39, 0.29) is 23.8 Å². The van der Waals surface area contributed by atoms with E-state index < -0.39 is 0 Å². The van der Waals surface area contributed by atoms with E-state index in [9.17, 15) is 14.4 Å². The molecule has 0 radical (unpaired) electrons. The van der Waals surface area contributed by atoms with Gasteiger partial charge in [0.25, 0.3) is 5.91 Å². The molecule has 2 aliphatic rings. The second-order valence-corrected chi connectivity index (χ2v) is 6.21. The summed E-state index contributed by atoms with van der Waals surface area (Å²) in [6.07, 6.45) is 2.91. The highest BCUT2D eigenvalue weighted by Crippen LogP contribution is 2.24. The van der Waals surface area contributed by atoms with E-state index in [1.165, 1.54) is 6.92 Å². The van der Waals surface area contributed by atoms with E-state index in [0.717, 1.165) is 24.1 Å². The summed E-state index contributed by atoms with van der Waals surface area (Å²) in [4.78, 5) is 37.1. The number of likely N-dealkylation sites (tertiary alicyclic amines) is 1. The highest BCUT2D eigenvalue weighted by atomic mass is 16.2. The number of piperidine rings is 1. The number of nitrogens with one attached hydrogen (secondary N) is 2. The fraction of sp³-hybridized carbons (Fsp3) is 0.471. The molecule has 1 fully saturated rings. The van der Waals surface area contributed by atoms with Gasteiger partial charge in [-0.25, -0.2) is 0 Å². The lowest BCUT2D eigenvalue weighted by atomic mass is 9.99. The standard InChI is InChI=1S/C17H21N3O3/c1-11(21)18-14-3-2-8-20(10-14)17(23)13-4-6-15-12(9-13)5-7-16(22)19-15/h4,6,9,14H,2-3,5,7-8,10H2,1H3,(H,18,21)(H,19,22). The summed E-state index contributed by atoms with van der Waals surface area (Å²) in [5.74, 6) is -0.0562. The molecule has 2 heterocycles. The van der Waals surface area contributed by atoms with E-state index in [0.29, 0.717) is 31.5 Å². The zero-order chi connectivity index (χ0) is 16.4. The van der Waals surface area contributed by atoms with Crippen LogP contribution in [0.2, 0.25) is 0 Å². The molecule has 2 N–H and O–H groups in total. The molecule has 6 nitrogen and oxygen atoms in total. The van der Waals surface area contributed by atoms with Crippen LogP contribution in [-0.2, 0) is 16.0 Å². The summed E-state index contributed by atoms with van der Waals surface area (Å²) >= 11 is 0. The fourth-order valence-corrected chi connectivity index (χ4v) is 3.27. The molecule has 0 spiro atoms. The Hall–Kier alpha value is -2.37. The Morgan fingerprint density at radius 3 is 2.91 bits per heavy atom. The molecule has 2 aliphatic heterocycles. The van der Waals surface area contributed by atoms with Gasteiger partial charge in [-0.05, 0) is 43.0 Å². The predicted molar refractivity (Wildman–Crippen MR) is 86.1 cm³/mol. The van der Waals surface area contributed by atoms with Crippen molar-refractivity contribution in [2.24, 2.45) is 0 Å². The monoisotopic (exact) mass is 315 g/mol. The molecular formula is C17H21N3O3. The fourth-order valence-electron chi connectivity index (χ4n) is 3.27. The van der Waals surface area contributed by atoms with Crippen molar-refractivity contribution in [3.63, 3.8) is 0 Å². The summed E-state index contributed by atoms with van der Waals surface area (Å²) < 4.78 is 0. The van der Waals surface area contributed by atoms with Crippen molar-refractivity contribution in [1.82, 2.24) is 10.2 Å². The number of hydrogen-bond donors (Lipinski definition) is 2. The largest absolute Gasteiger partial charge is 0.352 e. The smallest absolute Gasteiger partial charge is 0.253 e. The van der Waals surface area contributed by atoms with Gasteiger partial charge in [0.15, 0.2) is 0 Å². The number of rotatable bonds is 2. The van der Waals surface area contributed by atoms with Gasteiger partial charge in [-0.1, -0.05) is 0 Å². The lowest BCUT2D eigenvalue weighted by Crippen LogP contribution is -2.49. The molecular weight excluding hydrogens is 294 g/mol. The maximum absolute atomic E-state index is 12.7. The van der Waals surface area contributed by atoms with Gasteiger partial charge in [0.2, 0.25) is 11.8 Å². The highest BCUT2D eigenvalue weighted by molar-refractivity contribution is 5.98. The van der Waals surface area contributed by atoms with Crippen LogP contribution in [0.3, 0.4) is 0 Å². The number of carbonyl (C=O) groups is 3. The molecule has 0 aromatic heterocycles.